The van der Waals surface area contributed by atoms with Gasteiger partial charge in [-0.2, -0.15) is 5.10 Å². The van der Waals surface area contributed by atoms with Crippen molar-refractivity contribution in [3.8, 4) is 0 Å². The quantitative estimate of drug-likeness (QED) is 0.298. The van der Waals surface area contributed by atoms with E-state index in [0.29, 0.717) is 19.3 Å². The first-order valence-corrected chi connectivity index (χ1v) is 4.79. The summed E-state index contributed by atoms with van der Waals surface area (Å²) in [5.41, 5.74) is 10.2. The second-order valence-electron chi connectivity index (χ2n) is 3.68. The van der Waals surface area contributed by atoms with Crippen LogP contribution in [0, 0.1) is 0 Å². The number of nitrogens with zero attached hydrogens (tertiary/aromatic N) is 5. The van der Waals surface area contributed by atoms with Gasteiger partial charge in [-0.25, -0.2) is 0 Å². The Morgan fingerprint density at radius 3 is 3.27 bits per heavy atom. The zero-order valence-electron chi connectivity index (χ0n) is 8.42. The van der Waals surface area contributed by atoms with E-state index in [1.807, 2.05) is 13.2 Å². The summed E-state index contributed by atoms with van der Waals surface area (Å²) in [7, 11) is 1.84. The fourth-order valence-electron chi connectivity index (χ4n) is 1.87. The molecular weight excluding hydrogens is 194 g/mol. The van der Waals surface area contributed by atoms with Crippen LogP contribution in [-0.4, -0.2) is 21.6 Å². The molecule has 6 heteroatoms. The van der Waals surface area contributed by atoms with Gasteiger partial charge in [-0.05, 0) is 18.4 Å². The van der Waals surface area contributed by atoms with Crippen LogP contribution in [0.5, 0.6) is 0 Å². The number of ketones is 1. The largest absolute Gasteiger partial charge is 0.299 e. The number of rotatable bonds is 1. The van der Waals surface area contributed by atoms with Crippen LogP contribution in [0.25, 0.3) is 10.4 Å². The van der Waals surface area contributed by atoms with Gasteiger partial charge in [0.2, 0.25) is 0 Å². The number of fused-ring (bicyclic) bond motifs is 1. The Morgan fingerprint density at radius 2 is 2.53 bits per heavy atom. The van der Waals surface area contributed by atoms with Gasteiger partial charge in [-0.15, -0.1) is 0 Å². The standard InChI is InChI=1S/C9H11N5O/c1-14-5-6-4-9(15)8(11-13-10)3-2-7(6)12-14/h5,8H,2-4H2,1H3. The van der Waals surface area contributed by atoms with Crippen molar-refractivity contribution in [2.45, 2.75) is 25.3 Å². The Labute approximate surface area is 86.5 Å². The molecule has 1 aromatic heterocycles. The van der Waals surface area contributed by atoms with Gasteiger partial charge in [0, 0.05) is 30.1 Å². The van der Waals surface area contributed by atoms with Crippen LogP contribution in [0.2, 0.25) is 0 Å². The van der Waals surface area contributed by atoms with Gasteiger partial charge >= 0.3 is 0 Å². The summed E-state index contributed by atoms with van der Waals surface area (Å²) in [5, 5.41) is 7.78. The minimum absolute atomic E-state index is 0.0143. The summed E-state index contributed by atoms with van der Waals surface area (Å²) >= 11 is 0. The molecule has 15 heavy (non-hydrogen) atoms. The van der Waals surface area contributed by atoms with Crippen molar-refractivity contribution in [1.29, 1.82) is 0 Å². The molecule has 0 bridgehead atoms. The van der Waals surface area contributed by atoms with Crippen molar-refractivity contribution in [1.82, 2.24) is 9.78 Å². The van der Waals surface area contributed by atoms with Crippen molar-refractivity contribution >= 4 is 5.78 Å². The van der Waals surface area contributed by atoms with Crippen LogP contribution < -0.4 is 0 Å². The molecule has 0 spiro atoms. The fraction of sp³-hybridized carbons (Fsp3) is 0.556. The third-order valence-corrected chi connectivity index (χ3v) is 2.57. The summed E-state index contributed by atoms with van der Waals surface area (Å²) in [4.78, 5) is 14.4. The molecule has 0 aliphatic heterocycles. The lowest BCUT2D eigenvalue weighted by atomic mass is 10.1. The molecule has 1 aliphatic rings. The van der Waals surface area contributed by atoms with Crippen LogP contribution in [-0.2, 0) is 24.7 Å². The number of Topliss-reactive ketones (excluding diaryl/α,β-unsaturated/α-hetero) is 1. The SMILES string of the molecule is Cn1cc2c(n1)CCC(N=[N+]=[N-])C(=O)C2. The molecule has 0 amide bonds. The molecule has 1 atom stereocenters. The number of aryl methyl sites for hydroxylation is 2. The number of azide groups is 1. The number of hydrogen-bond acceptors (Lipinski definition) is 3. The molecule has 0 fully saturated rings. The summed E-state index contributed by atoms with van der Waals surface area (Å²) in [6.07, 6.45) is 3.44. The van der Waals surface area contributed by atoms with E-state index in [-0.39, 0.29) is 5.78 Å². The third kappa shape index (κ3) is 1.85. The Bertz CT molecular complexity index is 443. The van der Waals surface area contributed by atoms with Crippen LogP contribution >= 0.6 is 0 Å². The Morgan fingerprint density at radius 1 is 1.73 bits per heavy atom. The zero-order chi connectivity index (χ0) is 10.8. The first-order valence-electron chi connectivity index (χ1n) is 4.79. The zero-order valence-corrected chi connectivity index (χ0v) is 8.42. The summed E-state index contributed by atoms with van der Waals surface area (Å²) in [6.45, 7) is 0. The van der Waals surface area contributed by atoms with Gasteiger partial charge in [0.05, 0.1) is 11.7 Å². The highest BCUT2D eigenvalue weighted by atomic mass is 16.1. The van der Waals surface area contributed by atoms with Crippen molar-refractivity contribution in [3.05, 3.63) is 27.9 Å². The molecular formula is C9H11N5O. The summed E-state index contributed by atoms with van der Waals surface area (Å²) in [5.74, 6) is -0.0143. The lowest BCUT2D eigenvalue weighted by Crippen LogP contribution is -2.18. The minimum Gasteiger partial charge on any atom is -0.299 e. The van der Waals surface area contributed by atoms with Crippen LogP contribution in [0.1, 0.15) is 17.7 Å². The molecule has 2 rings (SSSR count). The minimum atomic E-state index is -0.519. The number of aromatic nitrogens is 2. The van der Waals surface area contributed by atoms with E-state index >= 15 is 0 Å². The molecule has 0 N–H and O–H groups in total. The Balaban J connectivity index is 2.28. The predicted molar refractivity (Wildman–Crippen MR) is 53.2 cm³/mol. The lowest BCUT2D eigenvalue weighted by molar-refractivity contribution is -0.119. The highest BCUT2D eigenvalue weighted by Gasteiger charge is 2.24. The van der Waals surface area contributed by atoms with Crippen molar-refractivity contribution in [2.24, 2.45) is 12.2 Å². The van der Waals surface area contributed by atoms with Gasteiger partial charge < -0.3 is 0 Å². The second kappa shape index (κ2) is 3.74. The lowest BCUT2D eigenvalue weighted by Gasteiger charge is -2.03. The van der Waals surface area contributed by atoms with E-state index in [0.717, 1.165) is 11.3 Å². The first kappa shape index (κ1) is 9.73. The molecule has 1 aromatic rings. The maximum Gasteiger partial charge on any atom is 0.146 e. The van der Waals surface area contributed by atoms with E-state index < -0.39 is 6.04 Å². The molecule has 0 radical (unpaired) electrons. The molecule has 1 aliphatic carbocycles. The van der Waals surface area contributed by atoms with Gasteiger partial charge in [-0.1, -0.05) is 5.11 Å². The predicted octanol–water partition coefficient (Wildman–Crippen LogP) is 1.16. The van der Waals surface area contributed by atoms with Gasteiger partial charge in [0.25, 0.3) is 0 Å². The average molecular weight is 205 g/mol. The maximum absolute atomic E-state index is 11.7. The van der Waals surface area contributed by atoms with E-state index in [2.05, 4.69) is 15.1 Å². The smallest absolute Gasteiger partial charge is 0.146 e. The first-order chi connectivity index (χ1) is 7.20. The number of carbonyl (C=O) groups is 1. The molecule has 78 valence electrons. The van der Waals surface area contributed by atoms with Crippen molar-refractivity contribution < 1.29 is 4.79 Å². The number of carbonyl (C=O) groups excluding carboxylic acids is 1. The Kier molecular flexibility index (Phi) is 2.43. The maximum atomic E-state index is 11.7. The topological polar surface area (TPSA) is 83.7 Å². The molecule has 6 nitrogen and oxygen atoms in total. The van der Waals surface area contributed by atoms with E-state index in [1.165, 1.54) is 0 Å². The second-order valence-corrected chi connectivity index (χ2v) is 3.68. The van der Waals surface area contributed by atoms with Crippen LogP contribution in [0.15, 0.2) is 11.3 Å². The third-order valence-electron chi connectivity index (χ3n) is 2.57. The molecule has 0 aromatic carbocycles. The van der Waals surface area contributed by atoms with E-state index in [1.54, 1.807) is 4.68 Å². The van der Waals surface area contributed by atoms with Crippen LogP contribution in [0.4, 0.5) is 0 Å². The highest BCUT2D eigenvalue weighted by molar-refractivity contribution is 5.86. The van der Waals surface area contributed by atoms with E-state index in [4.69, 9.17) is 5.53 Å². The average Bonchev–Trinajstić information content (AvgIpc) is 2.46. The summed E-state index contributed by atoms with van der Waals surface area (Å²) in [6, 6.07) is -0.519. The molecule has 0 saturated heterocycles. The van der Waals surface area contributed by atoms with E-state index in [9.17, 15) is 4.79 Å². The van der Waals surface area contributed by atoms with Gasteiger partial charge in [0.15, 0.2) is 0 Å². The normalized spacial score (nSPS) is 20.3. The fourth-order valence-corrected chi connectivity index (χ4v) is 1.87. The van der Waals surface area contributed by atoms with Gasteiger partial charge in [-0.3, -0.25) is 9.48 Å². The molecule has 1 unspecified atom stereocenters. The monoisotopic (exact) mass is 205 g/mol. The summed E-state index contributed by atoms with van der Waals surface area (Å²) < 4.78 is 1.71. The van der Waals surface area contributed by atoms with Crippen molar-refractivity contribution in [2.75, 3.05) is 0 Å². The number of hydrogen-bond donors (Lipinski definition) is 0. The Hall–Kier alpha value is -1.81. The van der Waals surface area contributed by atoms with Crippen LogP contribution in [0.3, 0.4) is 0 Å². The highest BCUT2D eigenvalue weighted by Crippen LogP contribution is 2.19. The van der Waals surface area contributed by atoms with Crippen molar-refractivity contribution in [3.63, 3.8) is 0 Å². The molecule has 1 heterocycles. The molecule has 0 saturated carbocycles. The van der Waals surface area contributed by atoms with Gasteiger partial charge in [0.1, 0.15) is 5.78 Å².